The van der Waals surface area contributed by atoms with Gasteiger partial charge in [-0.25, -0.2) is 0 Å². The monoisotopic (exact) mass is 227 g/mol. The number of carbonyl (C=O) groups is 2. The lowest BCUT2D eigenvalue weighted by Crippen LogP contribution is -2.28. The quantitative estimate of drug-likeness (QED) is 0.230. The molecule has 0 rings (SSSR count). The molecule has 0 atom stereocenters. The maximum Gasteiger partial charge on any atom is 0.258 e. The van der Waals surface area contributed by atoms with Gasteiger partial charge in [0.05, 0.1) is 0 Å². The Morgan fingerprint density at radius 3 is 2.25 bits per heavy atom. The highest BCUT2D eigenvalue weighted by molar-refractivity contribution is 6.18. The number of nitrogens with one attached hydrogen (secondary N) is 1. The summed E-state index contributed by atoms with van der Waals surface area (Å²) in [6, 6.07) is 0. The Bertz CT molecular complexity index is 282. The van der Waals surface area contributed by atoms with Gasteiger partial charge in [0.15, 0.2) is 5.78 Å². The van der Waals surface area contributed by atoms with E-state index in [1.807, 2.05) is 0 Å². The fraction of sp³-hybridized carbons (Fsp3) is 0.667. The lowest BCUT2D eigenvalue weighted by atomic mass is 10.1. The molecule has 0 saturated carbocycles. The van der Waals surface area contributed by atoms with Crippen molar-refractivity contribution in [2.45, 2.75) is 46.5 Å². The zero-order valence-electron chi connectivity index (χ0n) is 10.3. The van der Waals surface area contributed by atoms with Crippen molar-refractivity contribution in [3.05, 3.63) is 11.3 Å². The SMILES string of the molecule is CCCCC/C(O)=C(/C(C)=O)C(=O)NCC. The number of hydrogen-bond acceptors (Lipinski definition) is 3. The molecule has 0 radical (unpaired) electrons. The van der Waals surface area contributed by atoms with Gasteiger partial charge < -0.3 is 10.4 Å². The third kappa shape index (κ3) is 4.96. The van der Waals surface area contributed by atoms with Gasteiger partial charge in [-0.15, -0.1) is 0 Å². The number of carbonyl (C=O) groups excluding carboxylic acids is 2. The molecule has 2 N–H and O–H groups in total. The number of amides is 1. The van der Waals surface area contributed by atoms with Crippen molar-refractivity contribution in [1.82, 2.24) is 5.32 Å². The van der Waals surface area contributed by atoms with E-state index in [0.29, 0.717) is 13.0 Å². The highest BCUT2D eigenvalue weighted by Gasteiger charge is 2.18. The fourth-order valence-electron chi connectivity index (χ4n) is 1.41. The van der Waals surface area contributed by atoms with E-state index in [9.17, 15) is 14.7 Å². The molecule has 0 bridgehead atoms. The highest BCUT2D eigenvalue weighted by atomic mass is 16.3. The molecule has 0 spiro atoms. The van der Waals surface area contributed by atoms with Gasteiger partial charge in [0, 0.05) is 13.0 Å². The first kappa shape index (κ1) is 14.7. The van der Waals surface area contributed by atoms with Crippen LogP contribution < -0.4 is 5.32 Å². The van der Waals surface area contributed by atoms with E-state index >= 15 is 0 Å². The normalized spacial score (nSPS) is 11.9. The summed E-state index contributed by atoms with van der Waals surface area (Å²) in [6.07, 6.45) is 3.19. The Morgan fingerprint density at radius 1 is 1.19 bits per heavy atom. The molecule has 0 fully saturated rings. The zero-order chi connectivity index (χ0) is 12.6. The molecular formula is C12H21NO3. The maximum atomic E-state index is 11.5. The lowest BCUT2D eigenvalue weighted by molar-refractivity contribution is -0.122. The number of rotatable bonds is 7. The molecule has 92 valence electrons. The standard InChI is InChI=1S/C12H21NO3/c1-4-6-7-8-10(15)11(9(3)14)12(16)13-5-2/h15H,4-8H2,1-3H3,(H,13,16)/b11-10+. The molecule has 0 aliphatic heterocycles. The van der Waals surface area contributed by atoms with Gasteiger partial charge in [-0.1, -0.05) is 19.8 Å². The first-order valence-corrected chi connectivity index (χ1v) is 5.75. The molecule has 0 aromatic heterocycles. The van der Waals surface area contributed by atoms with Gasteiger partial charge in [0.25, 0.3) is 5.91 Å². The first-order valence-electron chi connectivity index (χ1n) is 5.75. The second kappa shape index (κ2) is 7.91. The molecule has 0 aliphatic carbocycles. The molecule has 0 saturated heterocycles. The van der Waals surface area contributed by atoms with Gasteiger partial charge in [-0.05, 0) is 20.3 Å². The van der Waals surface area contributed by atoms with E-state index in [1.165, 1.54) is 6.92 Å². The summed E-state index contributed by atoms with van der Waals surface area (Å²) >= 11 is 0. The van der Waals surface area contributed by atoms with Crippen molar-refractivity contribution >= 4 is 11.7 Å². The molecule has 1 amide bonds. The second-order valence-corrected chi connectivity index (χ2v) is 3.69. The largest absolute Gasteiger partial charge is 0.511 e. The number of Topliss-reactive ketones (excluding diaryl/α,β-unsaturated/α-hetero) is 1. The zero-order valence-corrected chi connectivity index (χ0v) is 10.3. The van der Waals surface area contributed by atoms with Gasteiger partial charge >= 0.3 is 0 Å². The van der Waals surface area contributed by atoms with Gasteiger partial charge in [-0.3, -0.25) is 9.59 Å². The maximum absolute atomic E-state index is 11.5. The number of hydrogen-bond donors (Lipinski definition) is 2. The number of aliphatic hydroxyl groups is 1. The number of allylic oxidation sites excluding steroid dienone is 1. The van der Waals surface area contributed by atoms with Crippen LogP contribution in [0.2, 0.25) is 0 Å². The van der Waals surface area contributed by atoms with Gasteiger partial charge in [0.2, 0.25) is 0 Å². The molecule has 0 heterocycles. The van der Waals surface area contributed by atoms with Crippen LogP contribution in [0.5, 0.6) is 0 Å². The van der Waals surface area contributed by atoms with Crippen molar-refractivity contribution in [3.63, 3.8) is 0 Å². The topological polar surface area (TPSA) is 66.4 Å². The van der Waals surface area contributed by atoms with Crippen molar-refractivity contribution in [2.24, 2.45) is 0 Å². The van der Waals surface area contributed by atoms with Crippen LogP contribution in [0, 0.1) is 0 Å². The van der Waals surface area contributed by atoms with E-state index in [0.717, 1.165) is 19.3 Å². The van der Waals surface area contributed by atoms with E-state index < -0.39 is 5.91 Å². The Balaban J connectivity index is 4.65. The molecule has 16 heavy (non-hydrogen) atoms. The average molecular weight is 227 g/mol. The third-order valence-corrected chi connectivity index (χ3v) is 2.22. The van der Waals surface area contributed by atoms with Crippen LogP contribution in [-0.4, -0.2) is 23.3 Å². The van der Waals surface area contributed by atoms with E-state index in [4.69, 9.17) is 0 Å². The van der Waals surface area contributed by atoms with Crippen LogP contribution in [-0.2, 0) is 9.59 Å². The van der Waals surface area contributed by atoms with Crippen LogP contribution in [0.3, 0.4) is 0 Å². The number of ketones is 1. The number of unbranched alkanes of at least 4 members (excludes halogenated alkanes) is 2. The minimum atomic E-state index is -0.482. The number of likely N-dealkylation sites (N-methyl/N-ethyl adjacent to an activating group) is 1. The van der Waals surface area contributed by atoms with E-state index in [-0.39, 0.29) is 17.1 Å². The summed E-state index contributed by atoms with van der Waals surface area (Å²) < 4.78 is 0. The third-order valence-electron chi connectivity index (χ3n) is 2.22. The predicted octanol–water partition coefficient (Wildman–Crippen LogP) is 2.10. The van der Waals surface area contributed by atoms with Gasteiger partial charge in [-0.2, -0.15) is 0 Å². The summed E-state index contributed by atoms with van der Waals surface area (Å²) in [5.41, 5.74) is -0.0991. The average Bonchev–Trinajstić information content (AvgIpc) is 2.18. The van der Waals surface area contributed by atoms with Crippen molar-refractivity contribution < 1.29 is 14.7 Å². The highest BCUT2D eigenvalue weighted by Crippen LogP contribution is 2.12. The molecule has 0 aromatic carbocycles. The molecule has 4 nitrogen and oxygen atoms in total. The Morgan fingerprint density at radius 2 is 1.81 bits per heavy atom. The molecular weight excluding hydrogens is 206 g/mol. The van der Waals surface area contributed by atoms with Crippen molar-refractivity contribution in [3.8, 4) is 0 Å². The molecule has 0 aromatic rings. The van der Waals surface area contributed by atoms with Crippen LogP contribution >= 0.6 is 0 Å². The minimum Gasteiger partial charge on any atom is -0.511 e. The fourth-order valence-corrected chi connectivity index (χ4v) is 1.41. The van der Waals surface area contributed by atoms with Crippen LogP contribution in [0.15, 0.2) is 11.3 Å². The Kier molecular flexibility index (Phi) is 7.25. The number of aliphatic hydroxyl groups excluding tert-OH is 1. The first-order chi connectivity index (χ1) is 7.54. The Hall–Kier alpha value is -1.32. The van der Waals surface area contributed by atoms with Crippen molar-refractivity contribution in [1.29, 1.82) is 0 Å². The summed E-state index contributed by atoms with van der Waals surface area (Å²) in [6.45, 7) is 5.55. The molecule has 0 aliphatic rings. The Labute approximate surface area is 96.7 Å². The summed E-state index contributed by atoms with van der Waals surface area (Å²) in [5, 5.41) is 12.2. The summed E-state index contributed by atoms with van der Waals surface area (Å²) in [7, 11) is 0. The van der Waals surface area contributed by atoms with Crippen LogP contribution in [0.25, 0.3) is 0 Å². The molecule has 0 unspecified atom stereocenters. The van der Waals surface area contributed by atoms with Crippen LogP contribution in [0.4, 0.5) is 0 Å². The smallest absolute Gasteiger partial charge is 0.258 e. The van der Waals surface area contributed by atoms with E-state index in [1.54, 1.807) is 6.92 Å². The van der Waals surface area contributed by atoms with Crippen molar-refractivity contribution in [2.75, 3.05) is 6.54 Å². The van der Waals surface area contributed by atoms with E-state index in [2.05, 4.69) is 12.2 Å². The second-order valence-electron chi connectivity index (χ2n) is 3.69. The lowest BCUT2D eigenvalue weighted by Gasteiger charge is -2.07. The summed E-state index contributed by atoms with van der Waals surface area (Å²) in [5.74, 6) is -0.962. The minimum absolute atomic E-state index is 0.0908. The molecule has 4 heteroatoms. The van der Waals surface area contributed by atoms with Crippen LogP contribution in [0.1, 0.15) is 46.5 Å². The predicted molar refractivity (Wildman–Crippen MR) is 63.2 cm³/mol. The summed E-state index contributed by atoms with van der Waals surface area (Å²) in [4.78, 5) is 22.8. The van der Waals surface area contributed by atoms with Gasteiger partial charge in [0.1, 0.15) is 11.3 Å².